The molecule has 4 heterocycles. The van der Waals surface area contributed by atoms with Crippen LogP contribution in [0.25, 0.3) is 10.9 Å². The summed E-state index contributed by atoms with van der Waals surface area (Å²) in [6.45, 7) is 4.89. The van der Waals surface area contributed by atoms with Gasteiger partial charge < -0.3 is 4.90 Å². The first-order valence-corrected chi connectivity index (χ1v) is 10.9. The van der Waals surface area contributed by atoms with Gasteiger partial charge in [-0.3, -0.25) is 18.9 Å². The van der Waals surface area contributed by atoms with Gasteiger partial charge in [-0.2, -0.15) is 5.10 Å². The first kappa shape index (κ1) is 20.1. The van der Waals surface area contributed by atoms with Crippen LogP contribution in [0.3, 0.4) is 0 Å². The summed E-state index contributed by atoms with van der Waals surface area (Å²) in [5.74, 6) is 0. The highest BCUT2D eigenvalue weighted by molar-refractivity contribution is 5.81. The second-order valence-electron chi connectivity index (χ2n) is 8.37. The van der Waals surface area contributed by atoms with Crippen LogP contribution in [-0.4, -0.2) is 56.8 Å². The topological polar surface area (TPSA) is 59.2 Å². The van der Waals surface area contributed by atoms with Crippen molar-refractivity contribution in [3.05, 3.63) is 52.3 Å². The smallest absolute Gasteiger partial charge is 0.261 e. The second kappa shape index (κ2) is 8.37. The minimum absolute atomic E-state index is 0.370. The van der Waals surface area contributed by atoms with Gasteiger partial charge in [-0.05, 0) is 43.5 Å². The largest absolute Gasteiger partial charge is 0.369 e. The SMILES string of the molecule is O=c1c2ccc(N3CCN(Cc4cc5n(n4)CCCC5)CC3)cc2ncn1CC(F)F. The number of rotatable bonds is 5. The lowest BCUT2D eigenvalue weighted by molar-refractivity contribution is 0.125. The molecular formula is C22H26F2N6O. The monoisotopic (exact) mass is 428 g/mol. The number of nitrogens with zero attached hydrogens (tertiary/aromatic N) is 6. The van der Waals surface area contributed by atoms with Crippen molar-refractivity contribution in [3.63, 3.8) is 0 Å². The zero-order valence-electron chi connectivity index (χ0n) is 17.4. The summed E-state index contributed by atoms with van der Waals surface area (Å²) >= 11 is 0. The number of fused-ring (bicyclic) bond motifs is 2. The van der Waals surface area contributed by atoms with Crippen LogP contribution in [0.4, 0.5) is 14.5 Å². The fourth-order valence-electron chi connectivity index (χ4n) is 4.57. The molecule has 2 aliphatic rings. The molecule has 2 aromatic heterocycles. The van der Waals surface area contributed by atoms with Crippen molar-refractivity contribution in [2.75, 3.05) is 31.1 Å². The van der Waals surface area contributed by atoms with Crippen molar-refractivity contribution < 1.29 is 8.78 Å². The Morgan fingerprint density at radius 3 is 2.65 bits per heavy atom. The summed E-state index contributed by atoms with van der Waals surface area (Å²) in [6.07, 6.45) is 2.23. The normalized spacial score (nSPS) is 17.5. The van der Waals surface area contributed by atoms with Crippen LogP contribution >= 0.6 is 0 Å². The number of aromatic nitrogens is 4. The van der Waals surface area contributed by atoms with E-state index < -0.39 is 18.5 Å². The van der Waals surface area contributed by atoms with E-state index in [4.69, 9.17) is 5.10 Å². The van der Waals surface area contributed by atoms with E-state index in [1.165, 1.54) is 24.9 Å². The Morgan fingerprint density at radius 1 is 1.03 bits per heavy atom. The van der Waals surface area contributed by atoms with Crippen LogP contribution in [0.15, 0.2) is 35.4 Å². The Labute approximate surface area is 178 Å². The average molecular weight is 428 g/mol. The van der Waals surface area contributed by atoms with Crippen molar-refractivity contribution in [1.29, 1.82) is 0 Å². The lowest BCUT2D eigenvalue weighted by Gasteiger charge is -2.35. The standard InChI is InChI=1S/C22H26F2N6O/c23-21(24)14-29-15-25-20-12-17(4-5-19(20)22(29)31)28-9-7-27(8-10-28)13-16-11-18-3-1-2-6-30(18)26-16/h4-5,11-12,15,21H,1-3,6-10,13-14H2. The summed E-state index contributed by atoms with van der Waals surface area (Å²) < 4.78 is 28.4. The van der Waals surface area contributed by atoms with Gasteiger partial charge in [0.25, 0.3) is 12.0 Å². The van der Waals surface area contributed by atoms with Gasteiger partial charge in [-0.25, -0.2) is 13.8 Å². The van der Waals surface area contributed by atoms with Crippen molar-refractivity contribution in [2.45, 2.75) is 45.3 Å². The van der Waals surface area contributed by atoms with Crippen LogP contribution in [0.5, 0.6) is 0 Å². The maximum Gasteiger partial charge on any atom is 0.261 e. The Hall–Kier alpha value is -2.81. The van der Waals surface area contributed by atoms with Crippen molar-refractivity contribution in [3.8, 4) is 0 Å². The molecule has 5 rings (SSSR count). The first-order chi connectivity index (χ1) is 15.1. The number of halogens is 2. The van der Waals surface area contributed by atoms with Crippen molar-refractivity contribution in [2.24, 2.45) is 0 Å². The molecule has 7 nitrogen and oxygen atoms in total. The van der Waals surface area contributed by atoms with Crippen LogP contribution in [0, 0.1) is 0 Å². The molecule has 164 valence electrons. The minimum atomic E-state index is -2.58. The van der Waals surface area contributed by atoms with E-state index >= 15 is 0 Å². The Balaban J connectivity index is 1.24. The maximum atomic E-state index is 12.6. The summed E-state index contributed by atoms with van der Waals surface area (Å²) in [5, 5.41) is 5.13. The highest BCUT2D eigenvalue weighted by atomic mass is 19.3. The third-order valence-electron chi connectivity index (χ3n) is 6.23. The van der Waals surface area contributed by atoms with E-state index in [2.05, 4.69) is 25.5 Å². The number of alkyl halides is 2. The van der Waals surface area contributed by atoms with E-state index in [1.54, 1.807) is 6.07 Å². The van der Waals surface area contributed by atoms with Gasteiger partial charge in [0.2, 0.25) is 0 Å². The molecule has 0 bridgehead atoms. The molecule has 0 atom stereocenters. The van der Waals surface area contributed by atoms with E-state index in [-0.39, 0.29) is 0 Å². The number of anilines is 1. The summed E-state index contributed by atoms with van der Waals surface area (Å²) in [7, 11) is 0. The molecule has 9 heteroatoms. The highest BCUT2D eigenvalue weighted by Crippen LogP contribution is 2.22. The molecule has 0 aliphatic carbocycles. The molecule has 0 amide bonds. The van der Waals surface area contributed by atoms with Crippen LogP contribution in [0.2, 0.25) is 0 Å². The first-order valence-electron chi connectivity index (χ1n) is 10.9. The third kappa shape index (κ3) is 4.19. The molecule has 1 saturated heterocycles. The zero-order chi connectivity index (χ0) is 21.4. The van der Waals surface area contributed by atoms with Crippen LogP contribution in [0.1, 0.15) is 24.2 Å². The predicted octanol–water partition coefficient (Wildman–Crippen LogP) is 2.52. The third-order valence-corrected chi connectivity index (χ3v) is 6.23. The number of piperazine rings is 1. The Bertz CT molecular complexity index is 1110. The lowest BCUT2D eigenvalue weighted by Crippen LogP contribution is -2.46. The molecule has 1 fully saturated rings. The van der Waals surface area contributed by atoms with Gasteiger partial charge >= 0.3 is 0 Å². The van der Waals surface area contributed by atoms with Gasteiger partial charge in [-0.15, -0.1) is 0 Å². The van der Waals surface area contributed by atoms with E-state index in [1.807, 2.05) is 12.1 Å². The zero-order valence-corrected chi connectivity index (χ0v) is 17.4. The minimum Gasteiger partial charge on any atom is -0.369 e. The number of aryl methyl sites for hydroxylation is 2. The molecule has 2 aliphatic heterocycles. The van der Waals surface area contributed by atoms with Gasteiger partial charge in [0.05, 0.1) is 29.5 Å². The van der Waals surface area contributed by atoms with Crippen LogP contribution < -0.4 is 10.5 Å². The molecule has 31 heavy (non-hydrogen) atoms. The highest BCUT2D eigenvalue weighted by Gasteiger charge is 2.20. The number of hydrogen-bond donors (Lipinski definition) is 0. The molecule has 0 unspecified atom stereocenters. The second-order valence-corrected chi connectivity index (χ2v) is 8.37. The molecular weight excluding hydrogens is 402 g/mol. The molecule has 0 saturated carbocycles. The number of benzene rings is 1. The van der Waals surface area contributed by atoms with Crippen molar-refractivity contribution in [1.82, 2.24) is 24.2 Å². The molecule has 0 radical (unpaired) electrons. The van der Waals surface area contributed by atoms with Gasteiger partial charge in [0, 0.05) is 50.6 Å². The van der Waals surface area contributed by atoms with Gasteiger partial charge in [0.15, 0.2) is 0 Å². The van der Waals surface area contributed by atoms with Gasteiger partial charge in [0.1, 0.15) is 0 Å². The summed E-state index contributed by atoms with van der Waals surface area (Å²) in [4.78, 5) is 21.3. The molecule has 0 N–H and O–H groups in total. The molecule has 0 spiro atoms. The fraction of sp³-hybridized carbons (Fsp3) is 0.500. The predicted molar refractivity (Wildman–Crippen MR) is 115 cm³/mol. The average Bonchev–Trinajstić information content (AvgIpc) is 3.18. The summed E-state index contributed by atoms with van der Waals surface area (Å²) in [5.41, 5.74) is 3.63. The molecule has 3 aromatic rings. The quantitative estimate of drug-likeness (QED) is 0.625. The summed E-state index contributed by atoms with van der Waals surface area (Å²) in [6, 6.07) is 7.71. The van der Waals surface area contributed by atoms with Gasteiger partial charge in [-0.1, -0.05) is 0 Å². The Kier molecular flexibility index (Phi) is 5.43. The Morgan fingerprint density at radius 2 is 1.87 bits per heavy atom. The lowest BCUT2D eigenvalue weighted by atomic mass is 10.1. The van der Waals surface area contributed by atoms with E-state index in [9.17, 15) is 13.6 Å². The fourth-order valence-corrected chi connectivity index (χ4v) is 4.57. The number of hydrogen-bond acceptors (Lipinski definition) is 5. The van der Waals surface area contributed by atoms with Crippen LogP contribution in [-0.2, 0) is 26.1 Å². The molecule has 1 aromatic carbocycles. The van der Waals surface area contributed by atoms with E-state index in [0.29, 0.717) is 10.9 Å². The van der Waals surface area contributed by atoms with Crippen molar-refractivity contribution >= 4 is 16.6 Å². The van der Waals surface area contributed by atoms with E-state index in [0.717, 1.165) is 61.6 Å². The maximum absolute atomic E-state index is 12.6.